The molecular weight excluding hydrogens is 160 g/mol. The summed E-state index contributed by atoms with van der Waals surface area (Å²) < 4.78 is 0. The molecule has 0 unspecified atom stereocenters. The number of rotatable bonds is 0. The first-order chi connectivity index (χ1) is 5.36. The molecule has 1 aliphatic rings. The highest BCUT2D eigenvalue weighted by Crippen LogP contribution is 2.16. The number of hydrogen-bond acceptors (Lipinski definition) is 2. The van der Waals surface area contributed by atoms with Crippen LogP contribution in [0.3, 0.4) is 0 Å². The zero-order chi connectivity index (χ0) is 7.68. The second kappa shape index (κ2) is 2.62. The maximum absolute atomic E-state index is 5.77. The van der Waals surface area contributed by atoms with Crippen LogP contribution in [-0.4, -0.2) is 10.2 Å². The summed E-state index contributed by atoms with van der Waals surface area (Å²) in [6, 6.07) is 1.99. The molecule has 0 fully saturated rings. The number of aliphatic imine (C=N–C) groups is 1. The average Bonchev–Trinajstić information content (AvgIpc) is 2.04. The van der Waals surface area contributed by atoms with Gasteiger partial charge in [-0.15, -0.1) is 0 Å². The predicted octanol–water partition coefficient (Wildman–Crippen LogP) is 1.77. The number of pyridine rings is 1. The van der Waals surface area contributed by atoms with Gasteiger partial charge in [-0.05, 0) is 17.2 Å². The zero-order valence-corrected chi connectivity index (χ0v) is 6.67. The van der Waals surface area contributed by atoms with Crippen molar-refractivity contribution in [2.24, 2.45) is 4.99 Å². The molecule has 0 saturated heterocycles. The van der Waals surface area contributed by atoms with E-state index in [0.717, 1.165) is 6.42 Å². The summed E-state index contributed by atoms with van der Waals surface area (Å²) in [5, 5.41) is 0.686. The smallest absolute Gasteiger partial charge is 0.105 e. The summed E-state index contributed by atoms with van der Waals surface area (Å²) in [7, 11) is 0. The third-order valence-corrected chi connectivity index (χ3v) is 2.02. The molecular formula is C8H7ClN2. The van der Waals surface area contributed by atoms with Gasteiger partial charge in [-0.3, -0.25) is 9.98 Å². The van der Waals surface area contributed by atoms with Gasteiger partial charge < -0.3 is 0 Å². The molecule has 0 amide bonds. The summed E-state index contributed by atoms with van der Waals surface area (Å²) in [5.41, 5.74) is 2.44. The molecule has 0 atom stereocenters. The van der Waals surface area contributed by atoms with Crippen LogP contribution >= 0.6 is 11.6 Å². The van der Waals surface area contributed by atoms with Crippen LogP contribution in [0, 0.1) is 0 Å². The fraction of sp³-hybridized carbons (Fsp3) is 0.250. The van der Waals surface area contributed by atoms with Gasteiger partial charge in [0.15, 0.2) is 0 Å². The van der Waals surface area contributed by atoms with Crippen LogP contribution < -0.4 is 0 Å². The molecule has 0 bridgehead atoms. The Morgan fingerprint density at radius 2 is 2.27 bits per heavy atom. The first-order valence-electron chi connectivity index (χ1n) is 3.47. The second-order valence-electron chi connectivity index (χ2n) is 2.51. The topological polar surface area (TPSA) is 25.2 Å². The SMILES string of the molecule is ClC1=NCc2ccncc2C1. The second-order valence-corrected chi connectivity index (χ2v) is 2.95. The lowest BCUT2D eigenvalue weighted by molar-refractivity contribution is 0.982. The highest BCUT2D eigenvalue weighted by atomic mass is 35.5. The quantitative estimate of drug-likeness (QED) is 0.577. The fourth-order valence-corrected chi connectivity index (χ4v) is 1.36. The van der Waals surface area contributed by atoms with Crippen molar-refractivity contribution in [1.82, 2.24) is 4.98 Å². The maximum atomic E-state index is 5.77. The van der Waals surface area contributed by atoms with Crippen LogP contribution in [-0.2, 0) is 13.0 Å². The van der Waals surface area contributed by atoms with E-state index in [9.17, 15) is 0 Å². The summed E-state index contributed by atoms with van der Waals surface area (Å²) in [6.07, 6.45) is 4.38. The number of aromatic nitrogens is 1. The third-order valence-electron chi connectivity index (χ3n) is 1.76. The van der Waals surface area contributed by atoms with Crippen LogP contribution in [0.5, 0.6) is 0 Å². The van der Waals surface area contributed by atoms with Crippen molar-refractivity contribution in [2.75, 3.05) is 0 Å². The molecule has 56 valence electrons. The van der Waals surface area contributed by atoms with Crippen molar-refractivity contribution >= 4 is 16.8 Å². The van der Waals surface area contributed by atoms with Crippen LogP contribution in [0.2, 0.25) is 0 Å². The van der Waals surface area contributed by atoms with Crippen molar-refractivity contribution in [3.05, 3.63) is 29.6 Å². The van der Waals surface area contributed by atoms with Gasteiger partial charge in [0.25, 0.3) is 0 Å². The Bertz CT molecular complexity index is 307. The Morgan fingerprint density at radius 3 is 3.18 bits per heavy atom. The molecule has 11 heavy (non-hydrogen) atoms. The van der Waals surface area contributed by atoms with Gasteiger partial charge in [0, 0.05) is 18.8 Å². The van der Waals surface area contributed by atoms with Gasteiger partial charge in [-0.2, -0.15) is 0 Å². The van der Waals surface area contributed by atoms with Gasteiger partial charge in [0.05, 0.1) is 6.54 Å². The standard InChI is InChI=1S/C8H7ClN2/c9-8-3-7-4-10-2-1-6(7)5-11-8/h1-2,4H,3,5H2. The van der Waals surface area contributed by atoms with Gasteiger partial charge in [-0.1, -0.05) is 11.6 Å². The van der Waals surface area contributed by atoms with E-state index in [-0.39, 0.29) is 0 Å². The number of fused-ring (bicyclic) bond motifs is 1. The summed E-state index contributed by atoms with van der Waals surface area (Å²) in [6.45, 7) is 0.705. The van der Waals surface area contributed by atoms with Crippen molar-refractivity contribution in [3.8, 4) is 0 Å². The minimum atomic E-state index is 0.686. The lowest BCUT2D eigenvalue weighted by Crippen LogP contribution is -2.06. The molecule has 1 aromatic rings. The Kier molecular flexibility index (Phi) is 1.62. The average molecular weight is 167 g/mol. The molecule has 1 aliphatic heterocycles. The molecule has 0 N–H and O–H groups in total. The third kappa shape index (κ3) is 1.26. The van der Waals surface area contributed by atoms with E-state index in [1.165, 1.54) is 11.1 Å². The largest absolute Gasteiger partial charge is 0.272 e. The summed E-state index contributed by atoms with van der Waals surface area (Å²) in [5.74, 6) is 0. The minimum absolute atomic E-state index is 0.686. The Labute approximate surface area is 69.9 Å². The lowest BCUT2D eigenvalue weighted by Gasteiger charge is -2.10. The van der Waals surface area contributed by atoms with Crippen LogP contribution in [0.1, 0.15) is 11.1 Å². The molecule has 0 aromatic carbocycles. The van der Waals surface area contributed by atoms with E-state index in [4.69, 9.17) is 11.6 Å². The van der Waals surface area contributed by atoms with Crippen molar-refractivity contribution in [3.63, 3.8) is 0 Å². The summed E-state index contributed by atoms with van der Waals surface area (Å²) in [4.78, 5) is 8.14. The summed E-state index contributed by atoms with van der Waals surface area (Å²) >= 11 is 5.77. The van der Waals surface area contributed by atoms with Crippen molar-refractivity contribution in [1.29, 1.82) is 0 Å². The Balaban J connectivity index is 2.42. The van der Waals surface area contributed by atoms with E-state index in [1.807, 2.05) is 12.3 Å². The van der Waals surface area contributed by atoms with E-state index in [1.54, 1.807) is 6.20 Å². The number of hydrogen-bond donors (Lipinski definition) is 0. The van der Waals surface area contributed by atoms with Gasteiger partial charge in [-0.25, -0.2) is 0 Å². The molecule has 0 saturated carbocycles. The Morgan fingerprint density at radius 1 is 1.36 bits per heavy atom. The number of nitrogens with zero attached hydrogens (tertiary/aromatic N) is 2. The molecule has 0 spiro atoms. The van der Waals surface area contributed by atoms with Gasteiger partial charge in [0.1, 0.15) is 5.17 Å². The van der Waals surface area contributed by atoms with E-state index >= 15 is 0 Å². The van der Waals surface area contributed by atoms with Gasteiger partial charge >= 0.3 is 0 Å². The first-order valence-corrected chi connectivity index (χ1v) is 3.84. The van der Waals surface area contributed by atoms with Crippen molar-refractivity contribution in [2.45, 2.75) is 13.0 Å². The first kappa shape index (κ1) is 6.80. The fourth-order valence-electron chi connectivity index (χ4n) is 1.15. The monoisotopic (exact) mass is 166 g/mol. The molecule has 0 aliphatic carbocycles. The highest BCUT2D eigenvalue weighted by molar-refractivity contribution is 6.65. The van der Waals surface area contributed by atoms with Crippen molar-refractivity contribution < 1.29 is 0 Å². The number of halogens is 1. The Hall–Kier alpha value is -0.890. The van der Waals surface area contributed by atoms with Gasteiger partial charge in [0.2, 0.25) is 0 Å². The zero-order valence-electron chi connectivity index (χ0n) is 5.92. The van der Waals surface area contributed by atoms with E-state index < -0.39 is 0 Å². The molecule has 2 heterocycles. The molecule has 0 radical (unpaired) electrons. The maximum Gasteiger partial charge on any atom is 0.105 e. The van der Waals surface area contributed by atoms with Crippen LogP contribution in [0.4, 0.5) is 0 Å². The molecule has 3 heteroatoms. The highest BCUT2D eigenvalue weighted by Gasteiger charge is 2.09. The molecule has 2 rings (SSSR count). The molecule has 1 aromatic heterocycles. The van der Waals surface area contributed by atoms with E-state index in [2.05, 4.69) is 9.98 Å². The molecule has 2 nitrogen and oxygen atoms in total. The van der Waals surface area contributed by atoms with Crippen LogP contribution in [0.25, 0.3) is 0 Å². The normalized spacial score (nSPS) is 15.5. The van der Waals surface area contributed by atoms with Crippen LogP contribution in [0.15, 0.2) is 23.5 Å². The predicted molar refractivity (Wildman–Crippen MR) is 44.9 cm³/mol. The lowest BCUT2D eigenvalue weighted by atomic mass is 10.1. The minimum Gasteiger partial charge on any atom is -0.272 e. The van der Waals surface area contributed by atoms with E-state index in [0.29, 0.717) is 11.7 Å².